The van der Waals surface area contributed by atoms with Crippen LogP contribution in [-0.4, -0.2) is 33.4 Å². The van der Waals surface area contributed by atoms with Gasteiger partial charge in [0.15, 0.2) is 11.4 Å². The average Bonchev–Trinajstić information content (AvgIpc) is 2.73. The van der Waals surface area contributed by atoms with Gasteiger partial charge in [-0.05, 0) is 55.0 Å². The van der Waals surface area contributed by atoms with E-state index in [0.29, 0.717) is 23.5 Å². The molecule has 1 aromatic heterocycles. The van der Waals surface area contributed by atoms with Crippen molar-refractivity contribution in [3.05, 3.63) is 80.7 Å². The van der Waals surface area contributed by atoms with E-state index in [2.05, 4.69) is 26.3 Å². The second-order valence-electron chi connectivity index (χ2n) is 6.27. The first-order chi connectivity index (χ1) is 14.4. The molecule has 0 aliphatic heterocycles. The predicted molar refractivity (Wildman–Crippen MR) is 114 cm³/mol. The summed E-state index contributed by atoms with van der Waals surface area (Å²) in [5.74, 6) is -1.69. The van der Waals surface area contributed by atoms with Gasteiger partial charge in [0.2, 0.25) is 0 Å². The summed E-state index contributed by atoms with van der Waals surface area (Å²) in [6, 6.07) is 13.8. The van der Waals surface area contributed by atoms with Crippen molar-refractivity contribution < 1.29 is 19.4 Å². The van der Waals surface area contributed by atoms with E-state index in [9.17, 15) is 19.5 Å². The third-order valence-corrected chi connectivity index (χ3v) is 4.54. The lowest BCUT2D eigenvalue weighted by molar-refractivity contribution is 0.0505. The van der Waals surface area contributed by atoms with Gasteiger partial charge >= 0.3 is 5.97 Å². The first-order valence-electron chi connectivity index (χ1n) is 9.07. The Hall–Kier alpha value is -3.46. The summed E-state index contributed by atoms with van der Waals surface area (Å²) in [5.41, 5.74) is 0.276. The fraction of sp³-hybridized carbons (Fsp3) is 0.143. The van der Waals surface area contributed by atoms with Crippen molar-refractivity contribution in [2.24, 2.45) is 0 Å². The summed E-state index contributed by atoms with van der Waals surface area (Å²) >= 11 is 3.31. The molecule has 0 radical (unpaired) electrons. The molecule has 2 aromatic carbocycles. The number of nitrogens with one attached hydrogen (secondary N) is 1. The van der Waals surface area contributed by atoms with Crippen LogP contribution in [0.2, 0.25) is 0 Å². The Kier molecular flexibility index (Phi) is 6.63. The minimum absolute atomic E-state index is 0.316. The lowest BCUT2D eigenvalue weighted by Crippen LogP contribution is -2.25. The van der Waals surface area contributed by atoms with Gasteiger partial charge in [-0.3, -0.25) is 9.59 Å². The summed E-state index contributed by atoms with van der Waals surface area (Å²) in [4.78, 5) is 36.6. The summed E-state index contributed by atoms with van der Waals surface area (Å²) in [7, 11) is 0. The Labute approximate surface area is 180 Å². The molecule has 1 amide bonds. The minimum Gasteiger partial charge on any atom is -0.505 e. The van der Waals surface area contributed by atoms with Crippen molar-refractivity contribution in [1.29, 1.82) is 0 Å². The molecule has 0 atom stereocenters. The number of amides is 1. The molecule has 0 saturated carbocycles. The number of anilines is 1. The maximum atomic E-state index is 12.6. The van der Waals surface area contributed by atoms with E-state index < -0.39 is 23.2 Å². The molecular formula is C21H18BrN3O5. The van der Waals surface area contributed by atoms with Gasteiger partial charge in [-0.15, -0.1) is 0 Å². The Bertz CT molecular complexity index is 1120. The number of carbonyl (C=O) groups excluding carboxylic acids is 2. The number of carbonyl (C=O) groups is 2. The zero-order valence-corrected chi connectivity index (χ0v) is 17.5. The van der Waals surface area contributed by atoms with Gasteiger partial charge in [0.05, 0.1) is 17.9 Å². The Morgan fingerprint density at radius 2 is 1.80 bits per heavy atom. The van der Waals surface area contributed by atoms with Gasteiger partial charge in [-0.1, -0.05) is 22.9 Å². The smallest absolute Gasteiger partial charge is 0.338 e. The molecule has 0 aliphatic rings. The quantitative estimate of drug-likeness (QED) is 0.532. The van der Waals surface area contributed by atoms with Gasteiger partial charge in [-0.25, -0.2) is 4.79 Å². The van der Waals surface area contributed by atoms with Crippen LogP contribution in [0.4, 0.5) is 5.69 Å². The third kappa shape index (κ3) is 4.93. The maximum Gasteiger partial charge on any atom is 0.338 e. The number of nitrogens with zero attached hydrogens (tertiary/aromatic N) is 2. The zero-order valence-electron chi connectivity index (χ0n) is 16.0. The summed E-state index contributed by atoms with van der Waals surface area (Å²) < 4.78 is 6.89. The lowest BCUT2D eigenvalue weighted by atomic mass is 10.2. The van der Waals surface area contributed by atoms with Crippen LogP contribution in [0.25, 0.3) is 5.69 Å². The van der Waals surface area contributed by atoms with E-state index in [-0.39, 0.29) is 5.69 Å². The van der Waals surface area contributed by atoms with Crippen molar-refractivity contribution in [3.8, 4) is 11.4 Å². The number of ether oxygens (including phenoxy) is 1. The standard InChI is InChI=1S/C21H18BrN3O5/c1-2-11-30-21(29)13-3-7-15(8-4-13)23-20(28)19-17(26)12-18(27)25(24-19)16-9-5-14(22)6-10-16/h3-10,12,26H,2,11H2,1H3,(H,23,28). The molecule has 9 heteroatoms. The van der Waals surface area contributed by atoms with Crippen LogP contribution in [0.15, 0.2) is 63.9 Å². The highest BCUT2D eigenvalue weighted by Crippen LogP contribution is 2.17. The molecule has 2 N–H and O–H groups in total. The number of hydrogen-bond acceptors (Lipinski definition) is 6. The highest BCUT2D eigenvalue weighted by atomic mass is 79.9. The fourth-order valence-electron chi connectivity index (χ4n) is 2.53. The van der Waals surface area contributed by atoms with Crippen molar-refractivity contribution in [3.63, 3.8) is 0 Å². The highest BCUT2D eigenvalue weighted by molar-refractivity contribution is 9.10. The molecule has 30 heavy (non-hydrogen) atoms. The average molecular weight is 472 g/mol. The van der Waals surface area contributed by atoms with E-state index in [1.165, 1.54) is 24.3 Å². The molecule has 0 saturated heterocycles. The summed E-state index contributed by atoms with van der Waals surface area (Å²) in [6.07, 6.45) is 0.721. The number of halogens is 1. The van der Waals surface area contributed by atoms with E-state index >= 15 is 0 Å². The first-order valence-corrected chi connectivity index (χ1v) is 9.86. The molecule has 0 bridgehead atoms. The van der Waals surface area contributed by atoms with Crippen molar-refractivity contribution in [2.75, 3.05) is 11.9 Å². The lowest BCUT2D eigenvalue weighted by Gasteiger charge is -2.10. The SMILES string of the molecule is CCCOC(=O)c1ccc(NC(=O)c2nn(-c3ccc(Br)cc3)c(=O)cc2O)cc1. The molecule has 1 heterocycles. The van der Waals surface area contributed by atoms with Gasteiger partial charge in [0.1, 0.15) is 0 Å². The van der Waals surface area contributed by atoms with Crippen LogP contribution in [0, 0.1) is 0 Å². The van der Waals surface area contributed by atoms with E-state index in [4.69, 9.17) is 4.74 Å². The molecular weight excluding hydrogens is 454 g/mol. The predicted octanol–water partition coefficient (Wildman–Crippen LogP) is 3.52. The monoisotopic (exact) mass is 471 g/mol. The number of rotatable bonds is 6. The molecule has 0 unspecified atom stereocenters. The first kappa shape index (κ1) is 21.3. The molecule has 0 fully saturated rings. The van der Waals surface area contributed by atoms with Crippen molar-refractivity contribution >= 4 is 33.5 Å². The zero-order chi connectivity index (χ0) is 21.7. The second kappa shape index (κ2) is 9.36. The topological polar surface area (TPSA) is 111 Å². The van der Waals surface area contributed by atoms with Crippen LogP contribution < -0.4 is 10.9 Å². The molecule has 154 valence electrons. The second-order valence-corrected chi connectivity index (χ2v) is 7.19. The number of aromatic nitrogens is 2. The summed E-state index contributed by atoms with van der Waals surface area (Å²) in [5, 5.41) is 16.6. The largest absolute Gasteiger partial charge is 0.505 e. The minimum atomic E-state index is -0.709. The van der Waals surface area contributed by atoms with Gasteiger partial charge < -0.3 is 15.2 Å². The number of aromatic hydroxyl groups is 1. The molecule has 0 spiro atoms. The summed E-state index contributed by atoms with van der Waals surface area (Å²) in [6.45, 7) is 2.23. The molecule has 3 rings (SSSR count). The van der Waals surface area contributed by atoms with E-state index in [1.807, 2.05) is 6.92 Å². The number of hydrogen-bond donors (Lipinski definition) is 2. The fourth-order valence-corrected chi connectivity index (χ4v) is 2.80. The van der Waals surface area contributed by atoms with Crippen molar-refractivity contribution in [2.45, 2.75) is 13.3 Å². The normalized spacial score (nSPS) is 10.5. The Balaban J connectivity index is 1.81. The highest BCUT2D eigenvalue weighted by Gasteiger charge is 2.17. The van der Waals surface area contributed by atoms with E-state index in [1.54, 1.807) is 24.3 Å². The Morgan fingerprint density at radius 3 is 2.43 bits per heavy atom. The van der Waals surface area contributed by atoms with Crippen LogP contribution in [0.1, 0.15) is 34.2 Å². The van der Waals surface area contributed by atoms with Gasteiger partial charge in [0, 0.05) is 16.2 Å². The molecule has 0 aliphatic carbocycles. The van der Waals surface area contributed by atoms with E-state index in [0.717, 1.165) is 21.6 Å². The molecule has 3 aromatic rings. The number of benzene rings is 2. The maximum absolute atomic E-state index is 12.6. The van der Waals surface area contributed by atoms with Crippen LogP contribution >= 0.6 is 15.9 Å². The van der Waals surface area contributed by atoms with Gasteiger partial charge in [0.25, 0.3) is 11.5 Å². The third-order valence-electron chi connectivity index (χ3n) is 4.01. The van der Waals surface area contributed by atoms with Crippen LogP contribution in [0.5, 0.6) is 5.75 Å². The van der Waals surface area contributed by atoms with Crippen molar-refractivity contribution in [1.82, 2.24) is 9.78 Å². The van der Waals surface area contributed by atoms with Crippen LogP contribution in [0.3, 0.4) is 0 Å². The van der Waals surface area contributed by atoms with Gasteiger partial charge in [-0.2, -0.15) is 9.78 Å². The Morgan fingerprint density at radius 1 is 1.13 bits per heavy atom. The number of esters is 1. The van der Waals surface area contributed by atoms with Crippen LogP contribution in [-0.2, 0) is 4.74 Å². The molecule has 8 nitrogen and oxygen atoms in total.